The van der Waals surface area contributed by atoms with Gasteiger partial charge in [-0.2, -0.15) is 0 Å². The van der Waals surface area contributed by atoms with Crippen LogP contribution in [-0.2, 0) is 33.9 Å². The van der Waals surface area contributed by atoms with Crippen LogP contribution in [0.3, 0.4) is 0 Å². The lowest BCUT2D eigenvalue weighted by atomic mass is 9.98. The van der Waals surface area contributed by atoms with Crippen molar-refractivity contribution in [3.63, 3.8) is 0 Å². The first-order chi connectivity index (χ1) is 18.7. The third kappa shape index (κ3) is 8.07. The lowest BCUT2D eigenvalue weighted by Crippen LogP contribution is -2.53. The van der Waals surface area contributed by atoms with E-state index in [0.29, 0.717) is 30.9 Å². The number of ether oxygens (including phenoxy) is 3. The van der Waals surface area contributed by atoms with Gasteiger partial charge in [0.15, 0.2) is 0 Å². The molecule has 0 radical (unpaired) electrons. The molecule has 0 bridgehead atoms. The predicted octanol–water partition coefficient (Wildman–Crippen LogP) is 4.90. The van der Waals surface area contributed by atoms with Gasteiger partial charge < -0.3 is 24.4 Å². The smallest absolute Gasteiger partial charge is 0.408 e. The van der Waals surface area contributed by atoms with Gasteiger partial charge in [-0.15, -0.1) is 0 Å². The van der Waals surface area contributed by atoms with Crippen molar-refractivity contribution in [1.82, 2.24) is 10.2 Å². The number of amides is 2. The van der Waals surface area contributed by atoms with E-state index in [-0.39, 0.29) is 19.1 Å². The zero-order valence-electron chi connectivity index (χ0n) is 22.5. The molecule has 8 heteroatoms. The average Bonchev–Trinajstić information content (AvgIpc) is 2.92. The fourth-order valence-electron chi connectivity index (χ4n) is 4.20. The van der Waals surface area contributed by atoms with Crippen molar-refractivity contribution < 1.29 is 28.6 Å². The number of alkyl carbamates (subject to hydrolysis) is 1. The summed E-state index contributed by atoms with van der Waals surface area (Å²) in [6.07, 6.45) is -0.178. The largest absolute Gasteiger partial charge is 0.489 e. The minimum absolute atomic E-state index is 0.0418. The number of hydrogen-bond donors (Lipinski definition) is 1. The quantitative estimate of drug-likeness (QED) is 0.396. The van der Waals surface area contributed by atoms with Crippen molar-refractivity contribution >= 4 is 18.0 Å². The van der Waals surface area contributed by atoms with Gasteiger partial charge in [-0.1, -0.05) is 60.7 Å². The summed E-state index contributed by atoms with van der Waals surface area (Å²) >= 11 is 0. The molecule has 0 aromatic heterocycles. The molecule has 1 unspecified atom stereocenters. The van der Waals surface area contributed by atoms with Crippen LogP contribution in [0, 0.1) is 0 Å². The summed E-state index contributed by atoms with van der Waals surface area (Å²) in [7, 11) is 0. The van der Waals surface area contributed by atoms with E-state index in [1.807, 2.05) is 66.7 Å². The molecule has 0 saturated heterocycles. The van der Waals surface area contributed by atoms with Crippen LogP contribution in [0.2, 0.25) is 0 Å². The Kier molecular flexibility index (Phi) is 8.86. The molecule has 39 heavy (non-hydrogen) atoms. The van der Waals surface area contributed by atoms with E-state index in [0.717, 1.165) is 16.7 Å². The Morgan fingerprint density at radius 1 is 0.923 bits per heavy atom. The van der Waals surface area contributed by atoms with Crippen molar-refractivity contribution in [2.24, 2.45) is 0 Å². The van der Waals surface area contributed by atoms with E-state index in [4.69, 9.17) is 14.2 Å². The highest BCUT2D eigenvalue weighted by molar-refractivity contribution is 5.97. The van der Waals surface area contributed by atoms with Crippen molar-refractivity contribution in [1.29, 1.82) is 0 Å². The summed E-state index contributed by atoms with van der Waals surface area (Å²) in [5.41, 5.74) is 2.53. The molecule has 8 nitrogen and oxygen atoms in total. The van der Waals surface area contributed by atoms with Crippen LogP contribution in [0.5, 0.6) is 5.75 Å². The molecule has 4 rings (SSSR count). The molecule has 0 fully saturated rings. The fourth-order valence-corrected chi connectivity index (χ4v) is 4.20. The molecule has 0 spiro atoms. The minimum Gasteiger partial charge on any atom is -0.489 e. The van der Waals surface area contributed by atoms with E-state index >= 15 is 0 Å². The second kappa shape index (κ2) is 12.5. The zero-order chi connectivity index (χ0) is 27.8. The molecule has 1 heterocycles. The molecule has 0 saturated carbocycles. The molecule has 3 aromatic carbocycles. The number of benzene rings is 3. The van der Waals surface area contributed by atoms with Crippen LogP contribution in [0.4, 0.5) is 4.79 Å². The second-order valence-electron chi connectivity index (χ2n) is 10.4. The van der Waals surface area contributed by atoms with E-state index in [9.17, 15) is 14.4 Å². The molecule has 204 valence electrons. The second-order valence-corrected chi connectivity index (χ2v) is 10.4. The highest BCUT2D eigenvalue weighted by Crippen LogP contribution is 2.25. The average molecular weight is 531 g/mol. The van der Waals surface area contributed by atoms with Crippen LogP contribution >= 0.6 is 0 Å². The lowest BCUT2D eigenvalue weighted by molar-refractivity contribution is -0.157. The number of rotatable bonds is 9. The van der Waals surface area contributed by atoms with Gasteiger partial charge in [0.1, 0.15) is 30.6 Å². The van der Waals surface area contributed by atoms with E-state index < -0.39 is 23.7 Å². The molecule has 1 N–H and O–H groups in total. The lowest BCUT2D eigenvalue weighted by Gasteiger charge is -2.32. The maximum absolute atomic E-state index is 13.3. The molecule has 1 aliphatic rings. The van der Waals surface area contributed by atoms with Gasteiger partial charge in [-0.05, 0) is 62.1 Å². The van der Waals surface area contributed by atoms with E-state index in [1.165, 1.54) is 0 Å². The third-order valence-corrected chi connectivity index (χ3v) is 6.09. The Morgan fingerprint density at radius 3 is 2.21 bits per heavy atom. The van der Waals surface area contributed by atoms with Gasteiger partial charge >= 0.3 is 12.1 Å². The molecular weight excluding hydrogens is 496 g/mol. The maximum atomic E-state index is 13.3. The minimum atomic E-state index is -1.09. The van der Waals surface area contributed by atoms with Crippen molar-refractivity contribution in [2.75, 3.05) is 13.1 Å². The van der Waals surface area contributed by atoms with E-state index in [1.54, 1.807) is 37.8 Å². The molecule has 3 aromatic rings. The summed E-state index contributed by atoms with van der Waals surface area (Å²) in [5.74, 6) is -0.172. The number of fused-ring (bicyclic) bond motifs is 1. The summed E-state index contributed by atoms with van der Waals surface area (Å²) in [4.78, 5) is 40.4. The Labute approximate surface area is 228 Å². The summed E-state index contributed by atoms with van der Waals surface area (Å²) < 4.78 is 16.7. The van der Waals surface area contributed by atoms with Crippen molar-refractivity contribution in [2.45, 2.75) is 52.0 Å². The Bertz CT molecular complexity index is 1290. The number of nitrogens with zero attached hydrogens (tertiary/aromatic N) is 1. The first-order valence-electron chi connectivity index (χ1n) is 13.0. The maximum Gasteiger partial charge on any atom is 0.408 e. The predicted molar refractivity (Wildman–Crippen MR) is 146 cm³/mol. The van der Waals surface area contributed by atoms with Crippen LogP contribution in [0.25, 0.3) is 0 Å². The monoisotopic (exact) mass is 530 g/mol. The normalized spacial score (nSPS) is 13.7. The number of hydrogen-bond acceptors (Lipinski definition) is 6. The first kappa shape index (κ1) is 27.7. The van der Waals surface area contributed by atoms with Crippen LogP contribution in [0.1, 0.15) is 47.8 Å². The number of esters is 1. The molecule has 1 atom stereocenters. The number of nitrogens with one attached hydrogen (secondary N) is 1. The van der Waals surface area contributed by atoms with E-state index in [2.05, 4.69) is 5.32 Å². The standard InChI is InChI=1S/C31H34N2O6/c1-31(2,3)39-29(35)27(32-30(36)38-21-23-12-8-5-9-13-23)19-33-17-16-24-18-25(14-15-26(24)28(33)34)37-20-22-10-6-4-7-11-22/h4-15,18,27H,16-17,19-21H2,1-3H3,(H,32,36). The highest BCUT2D eigenvalue weighted by atomic mass is 16.6. The molecular formula is C31H34N2O6. The first-order valence-corrected chi connectivity index (χ1v) is 13.0. The summed E-state index contributed by atoms with van der Waals surface area (Å²) in [5, 5.41) is 2.59. The zero-order valence-corrected chi connectivity index (χ0v) is 22.5. The Hall–Kier alpha value is -4.33. The van der Waals surface area contributed by atoms with Gasteiger partial charge in [0, 0.05) is 12.1 Å². The Morgan fingerprint density at radius 2 is 1.56 bits per heavy atom. The fraction of sp³-hybridized carbons (Fsp3) is 0.323. The van der Waals surface area contributed by atoms with Gasteiger partial charge in [-0.3, -0.25) is 4.79 Å². The topological polar surface area (TPSA) is 94.2 Å². The van der Waals surface area contributed by atoms with Crippen molar-refractivity contribution in [3.05, 3.63) is 101 Å². The van der Waals surface area contributed by atoms with Gasteiger partial charge in [0.25, 0.3) is 5.91 Å². The van der Waals surface area contributed by atoms with Crippen LogP contribution in [-0.4, -0.2) is 47.6 Å². The highest BCUT2D eigenvalue weighted by Gasteiger charge is 2.33. The third-order valence-electron chi connectivity index (χ3n) is 6.09. The van der Waals surface area contributed by atoms with Gasteiger partial charge in [-0.25, -0.2) is 9.59 Å². The summed E-state index contributed by atoms with van der Waals surface area (Å²) in [6.45, 7) is 6.07. The Balaban J connectivity index is 1.41. The van der Waals surface area contributed by atoms with Gasteiger partial charge in [0.2, 0.25) is 0 Å². The van der Waals surface area contributed by atoms with Crippen LogP contribution < -0.4 is 10.1 Å². The molecule has 1 aliphatic heterocycles. The number of carbonyl (C=O) groups excluding carboxylic acids is 3. The van der Waals surface area contributed by atoms with Crippen LogP contribution in [0.15, 0.2) is 78.9 Å². The molecule has 2 amide bonds. The van der Waals surface area contributed by atoms with Gasteiger partial charge in [0.05, 0.1) is 6.54 Å². The number of carbonyl (C=O) groups is 3. The SMILES string of the molecule is CC(C)(C)OC(=O)C(CN1CCc2cc(OCc3ccccc3)ccc2C1=O)NC(=O)OCc1ccccc1. The molecule has 0 aliphatic carbocycles. The van der Waals surface area contributed by atoms with Crippen molar-refractivity contribution in [3.8, 4) is 5.75 Å². The summed E-state index contributed by atoms with van der Waals surface area (Å²) in [6, 6.07) is 23.4.